The second-order valence-corrected chi connectivity index (χ2v) is 7.25. The van der Waals surface area contributed by atoms with Gasteiger partial charge in [-0.2, -0.15) is 14.4 Å². The predicted molar refractivity (Wildman–Crippen MR) is 107 cm³/mol. The van der Waals surface area contributed by atoms with E-state index in [1.165, 1.54) is 10.3 Å². The van der Waals surface area contributed by atoms with Crippen LogP contribution in [0.5, 0.6) is 0 Å². The molecule has 0 saturated heterocycles. The number of hydrogen-bond acceptors (Lipinski definition) is 5. The number of fused-ring (bicyclic) bond motifs is 1. The van der Waals surface area contributed by atoms with E-state index in [0.717, 1.165) is 22.5 Å². The van der Waals surface area contributed by atoms with Crippen LogP contribution in [0.3, 0.4) is 0 Å². The minimum atomic E-state index is 0.0261. The maximum absolute atomic E-state index is 13.7. The van der Waals surface area contributed by atoms with Crippen molar-refractivity contribution in [3.8, 4) is 28.6 Å². The fraction of sp³-hybridized carbons (Fsp3) is 0.200. The molecule has 0 unspecified atom stereocenters. The molecule has 0 saturated carbocycles. The highest BCUT2D eigenvalue weighted by atomic mass is 32.2. The molecule has 4 aromatic heterocycles. The standard InChI is InChI=1S/C20H17FN6S/c1-12(2)20-18(14-7-8-17-23-10-15(9-22)26(17)11-14)19(25-27(20)28-21)16-6-4-5-13(3)24-16/h4-8,10-12H,1-3H3. The van der Waals surface area contributed by atoms with E-state index in [0.29, 0.717) is 22.7 Å². The van der Waals surface area contributed by atoms with Gasteiger partial charge in [-0.3, -0.25) is 9.38 Å². The highest BCUT2D eigenvalue weighted by Gasteiger charge is 2.25. The number of nitrogens with zero attached hydrogens (tertiary/aromatic N) is 6. The molecule has 4 aromatic rings. The Bertz CT molecular complexity index is 1220. The van der Waals surface area contributed by atoms with Crippen molar-refractivity contribution in [3.63, 3.8) is 0 Å². The average molecular weight is 392 g/mol. The minimum Gasteiger partial charge on any atom is -0.291 e. The van der Waals surface area contributed by atoms with E-state index >= 15 is 0 Å². The Labute approximate surface area is 166 Å². The first-order valence-electron chi connectivity index (χ1n) is 8.77. The molecule has 4 heterocycles. The maximum atomic E-state index is 13.7. The lowest BCUT2D eigenvalue weighted by atomic mass is 9.97. The smallest absolute Gasteiger partial charge is 0.187 e. The lowest BCUT2D eigenvalue weighted by molar-refractivity contribution is 0.769. The van der Waals surface area contributed by atoms with E-state index < -0.39 is 0 Å². The zero-order valence-electron chi connectivity index (χ0n) is 15.6. The molecule has 0 aliphatic rings. The van der Waals surface area contributed by atoms with Crippen LogP contribution in [0.15, 0.2) is 42.7 Å². The van der Waals surface area contributed by atoms with Crippen molar-refractivity contribution in [1.82, 2.24) is 23.6 Å². The second-order valence-electron chi connectivity index (χ2n) is 6.77. The summed E-state index contributed by atoms with van der Waals surface area (Å²) in [6, 6.07) is 11.6. The van der Waals surface area contributed by atoms with Crippen LogP contribution in [0.1, 0.15) is 36.8 Å². The van der Waals surface area contributed by atoms with Crippen molar-refractivity contribution in [2.24, 2.45) is 0 Å². The first kappa shape index (κ1) is 18.2. The van der Waals surface area contributed by atoms with Gasteiger partial charge in [0.1, 0.15) is 23.1 Å². The van der Waals surface area contributed by atoms with Gasteiger partial charge in [0.25, 0.3) is 0 Å². The van der Waals surface area contributed by atoms with Gasteiger partial charge in [-0.25, -0.2) is 4.98 Å². The van der Waals surface area contributed by atoms with Gasteiger partial charge in [0, 0.05) is 23.0 Å². The highest BCUT2D eigenvalue weighted by Crippen LogP contribution is 2.39. The third-order valence-corrected chi connectivity index (χ3v) is 4.95. The van der Waals surface area contributed by atoms with Gasteiger partial charge in [0.2, 0.25) is 0 Å². The van der Waals surface area contributed by atoms with E-state index in [-0.39, 0.29) is 18.3 Å². The van der Waals surface area contributed by atoms with Crippen LogP contribution in [-0.2, 0) is 0 Å². The van der Waals surface area contributed by atoms with Crippen molar-refractivity contribution >= 4 is 18.0 Å². The van der Waals surface area contributed by atoms with E-state index in [1.807, 2.05) is 57.3 Å². The summed E-state index contributed by atoms with van der Waals surface area (Å²) in [4.78, 5) is 8.82. The van der Waals surface area contributed by atoms with Crippen LogP contribution < -0.4 is 0 Å². The molecule has 0 atom stereocenters. The van der Waals surface area contributed by atoms with Crippen molar-refractivity contribution in [2.45, 2.75) is 26.7 Å². The molecule has 140 valence electrons. The number of aromatic nitrogens is 5. The quantitative estimate of drug-likeness (QED) is 0.492. The molecule has 8 heteroatoms. The number of imidazole rings is 1. The average Bonchev–Trinajstić information content (AvgIpc) is 3.28. The van der Waals surface area contributed by atoms with Gasteiger partial charge < -0.3 is 0 Å². The predicted octanol–water partition coefficient (Wildman–Crippen LogP) is 4.94. The molecule has 0 radical (unpaired) electrons. The number of pyridine rings is 2. The van der Waals surface area contributed by atoms with Gasteiger partial charge in [0.15, 0.2) is 12.3 Å². The first-order chi connectivity index (χ1) is 13.5. The Balaban J connectivity index is 2.04. The molecule has 0 spiro atoms. The Morgan fingerprint density at radius 1 is 1.21 bits per heavy atom. The van der Waals surface area contributed by atoms with E-state index in [9.17, 15) is 9.15 Å². The van der Waals surface area contributed by atoms with Crippen molar-refractivity contribution in [2.75, 3.05) is 0 Å². The van der Waals surface area contributed by atoms with E-state index in [1.54, 1.807) is 4.40 Å². The Morgan fingerprint density at radius 2 is 2.04 bits per heavy atom. The number of aryl methyl sites for hydroxylation is 1. The molecule has 6 nitrogen and oxygen atoms in total. The second kappa shape index (κ2) is 7.09. The molecular weight excluding hydrogens is 375 g/mol. The molecule has 0 aliphatic heterocycles. The zero-order valence-corrected chi connectivity index (χ0v) is 16.4. The number of nitriles is 1. The molecule has 0 fully saturated rings. The summed E-state index contributed by atoms with van der Waals surface area (Å²) in [5.74, 6) is 0.0261. The number of halogens is 1. The fourth-order valence-electron chi connectivity index (χ4n) is 3.32. The van der Waals surface area contributed by atoms with E-state index in [4.69, 9.17) is 0 Å². The minimum absolute atomic E-state index is 0.0261. The summed E-state index contributed by atoms with van der Waals surface area (Å²) in [6.07, 6.45) is 3.38. The van der Waals surface area contributed by atoms with Gasteiger partial charge >= 0.3 is 0 Å². The van der Waals surface area contributed by atoms with Crippen LogP contribution >= 0.6 is 12.3 Å². The number of hydrogen-bond donors (Lipinski definition) is 0. The summed E-state index contributed by atoms with van der Waals surface area (Å²) in [6.45, 7) is 5.90. The molecule has 28 heavy (non-hydrogen) atoms. The monoisotopic (exact) mass is 392 g/mol. The number of rotatable bonds is 4. The summed E-state index contributed by atoms with van der Waals surface area (Å²) >= 11 is 0.0715. The molecule has 0 bridgehead atoms. The third kappa shape index (κ3) is 2.94. The van der Waals surface area contributed by atoms with Crippen LogP contribution in [0.4, 0.5) is 3.89 Å². The molecule has 0 aliphatic carbocycles. The molecule has 0 amide bonds. The van der Waals surface area contributed by atoms with Gasteiger partial charge in [0.05, 0.1) is 17.6 Å². The SMILES string of the molecule is Cc1cccc(-c2nn(SF)c(C(C)C)c2-c2ccc3ncc(C#N)n3c2)n1. The van der Waals surface area contributed by atoms with Gasteiger partial charge in [-0.15, -0.1) is 3.89 Å². The summed E-state index contributed by atoms with van der Waals surface area (Å²) < 4.78 is 16.7. The third-order valence-electron chi connectivity index (χ3n) is 4.54. The highest BCUT2D eigenvalue weighted by molar-refractivity contribution is 7.92. The van der Waals surface area contributed by atoms with Crippen molar-refractivity contribution < 1.29 is 3.89 Å². The molecular formula is C20H17FN6S. The molecule has 4 rings (SSSR count). The zero-order chi connectivity index (χ0) is 19.8. The van der Waals surface area contributed by atoms with Crippen LogP contribution in [0, 0.1) is 18.3 Å². The Kier molecular flexibility index (Phi) is 4.61. The van der Waals surface area contributed by atoms with Crippen LogP contribution in [0.25, 0.3) is 28.2 Å². The maximum Gasteiger partial charge on any atom is 0.187 e. The topological polar surface area (TPSA) is 71.8 Å². The fourth-order valence-corrected chi connectivity index (χ4v) is 3.81. The lowest BCUT2D eigenvalue weighted by Gasteiger charge is -2.11. The normalized spacial score (nSPS) is 11.3. The molecule has 0 N–H and O–H groups in total. The van der Waals surface area contributed by atoms with Crippen LogP contribution in [0.2, 0.25) is 0 Å². The summed E-state index contributed by atoms with van der Waals surface area (Å²) in [7, 11) is 0. The Morgan fingerprint density at radius 3 is 2.71 bits per heavy atom. The van der Waals surface area contributed by atoms with Crippen molar-refractivity contribution in [1.29, 1.82) is 5.26 Å². The van der Waals surface area contributed by atoms with Gasteiger partial charge in [-0.1, -0.05) is 19.9 Å². The van der Waals surface area contributed by atoms with E-state index in [2.05, 4.69) is 21.1 Å². The first-order valence-corrected chi connectivity index (χ1v) is 9.44. The van der Waals surface area contributed by atoms with Crippen LogP contribution in [-0.4, -0.2) is 23.6 Å². The largest absolute Gasteiger partial charge is 0.291 e. The Hall–Kier alpha value is -3.18. The lowest BCUT2D eigenvalue weighted by Crippen LogP contribution is -1.99. The summed E-state index contributed by atoms with van der Waals surface area (Å²) in [5, 5.41) is 13.8. The molecule has 0 aromatic carbocycles. The summed E-state index contributed by atoms with van der Waals surface area (Å²) in [5.41, 5.74) is 5.63. The van der Waals surface area contributed by atoms with Crippen molar-refractivity contribution in [3.05, 3.63) is 59.8 Å². The van der Waals surface area contributed by atoms with Gasteiger partial charge in [-0.05, 0) is 37.1 Å².